The van der Waals surface area contributed by atoms with Gasteiger partial charge in [0, 0.05) is 36.3 Å². The first kappa shape index (κ1) is 31.6. The van der Waals surface area contributed by atoms with Crippen molar-refractivity contribution in [3.8, 4) is 0 Å². The van der Waals surface area contributed by atoms with E-state index in [1.165, 1.54) is 0 Å². The maximum atomic E-state index is 13.1. The van der Waals surface area contributed by atoms with Crippen LogP contribution in [0.1, 0.15) is 73.4 Å². The number of aliphatic carboxylic acids is 1. The number of hydrogen-bond donors (Lipinski definition) is 2. The Morgan fingerprint density at radius 1 is 0.932 bits per heavy atom. The lowest BCUT2D eigenvalue weighted by molar-refractivity contribution is -0.134. The molecular formula is C33H41BCl2N4O4. The maximum absolute atomic E-state index is 13.1. The minimum absolute atomic E-state index is 0.169. The van der Waals surface area contributed by atoms with Crippen molar-refractivity contribution in [1.29, 1.82) is 0 Å². The van der Waals surface area contributed by atoms with Crippen molar-refractivity contribution in [2.24, 2.45) is 17.8 Å². The summed E-state index contributed by atoms with van der Waals surface area (Å²) in [5, 5.41) is 20.9. The zero-order valence-corrected chi connectivity index (χ0v) is 26.8. The van der Waals surface area contributed by atoms with Crippen LogP contribution in [-0.2, 0) is 9.59 Å². The summed E-state index contributed by atoms with van der Waals surface area (Å²) < 4.78 is 0. The first-order valence-electron chi connectivity index (χ1n) is 16.0. The number of pyridine rings is 1. The normalized spacial score (nSPS) is 22.6. The van der Waals surface area contributed by atoms with Crippen LogP contribution in [0.3, 0.4) is 0 Å². The number of benzene rings is 1. The Labute approximate surface area is 270 Å². The van der Waals surface area contributed by atoms with E-state index in [1.54, 1.807) is 18.3 Å². The van der Waals surface area contributed by atoms with Crippen molar-refractivity contribution in [2.45, 2.75) is 57.8 Å². The number of carbonyl (C=O) groups is 2. The van der Waals surface area contributed by atoms with Gasteiger partial charge >= 0.3 is 13.0 Å². The number of amides is 1. The number of halogens is 2. The molecule has 0 radical (unpaired) electrons. The van der Waals surface area contributed by atoms with Crippen LogP contribution < -0.4 is 0 Å². The van der Waals surface area contributed by atoms with Crippen LogP contribution in [0.2, 0.25) is 16.9 Å². The first-order chi connectivity index (χ1) is 21.2. The standard InChI is InChI=1S/C33H41BCl2N4O4/c1-34(44)40-14-4-21(5-15-40)16-30(41)38-10-6-22(7-11-38)23-8-12-39(13-9-23)32-27-3-2-25(35)17-24(27)18-29(33(42)43)28-19-26(36)20-37-31(28)32/h2-3,17-23,32,44H,4-16H2,1H3,(H,42,43). The second-order valence-electron chi connectivity index (χ2n) is 13.0. The molecule has 8 nitrogen and oxygen atoms in total. The van der Waals surface area contributed by atoms with Gasteiger partial charge in [0.2, 0.25) is 5.91 Å². The summed E-state index contributed by atoms with van der Waals surface area (Å²) in [6.07, 6.45) is 10.1. The van der Waals surface area contributed by atoms with Crippen molar-refractivity contribution < 1.29 is 19.7 Å². The van der Waals surface area contributed by atoms with Crippen molar-refractivity contribution in [1.82, 2.24) is 19.6 Å². The molecule has 4 heterocycles. The van der Waals surface area contributed by atoms with E-state index in [-0.39, 0.29) is 11.6 Å². The van der Waals surface area contributed by atoms with Crippen molar-refractivity contribution in [3.05, 3.63) is 62.9 Å². The number of carboxylic acids is 1. The summed E-state index contributed by atoms with van der Waals surface area (Å²) in [6.45, 7) is 6.99. The average molecular weight is 639 g/mol. The zero-order chi connectivity index (χ0) is 31.0. The van der Waals surface area contributed by atoms with Gasteiger partial charge in [-0.2, -0.15) is 0 Å². The number of fused-ring (bicyclic) bond motifs is 2. The Bertz CT molecular complexity index is 1410. The van der Waals surface area contributed by atoms with E-state index < -0.39 is 13.0 Å². The Morgan fingerprint density at radius 2 is 1.59 bits per heavy atom. The quantitative estimate of drug-likeness (QED) is 0.399. The van der Waals surface area contributed by atoms with Crippen LogP contribution in [0.25, 0.3) is 11.6 Å². The first-order valence-corrected chi connectivity index (χ1v) is 16.8. The topological polar surface area (TPSA) is 97.2 Å². The predicted molar refractivity (Wildman–Crippen MR) is 174 cm³/mol. The van der Waals surface area contributed by atoms with Crippen LogP contribution in [0, 0.1) is 17.8 Å². The number of carbonyl (C=O) groups excluding carboxylic acids is 1. The van der Waals surface area contributed by atoms with E-state index >= 15 is 0 Å². The monoisotopic (exact) mass is 638 g/mol. The van der Waals surface area contributed by atoms with Gasteiger partial charge in [0.25, 0.3) is 0 Å². The van der Waals surface area contributed by atoms with Gasteiger partial charge in [-0.3, -0.25) is 14.7 Å². The van der Waals surface area contributed by atoms with Crippen LogP contribution in [0.15, 0.2) is 30.5 Å². The second kappa shape index (κ2) is 13.5. The van der Waals surface area contributed by atoms with Crippen molar-refractivity contribution in [3.63, 3.8) is 0 Å². The predicted octanol–water partition coefficient (Wildman–Crippen LogP) is 5.58. The van der Waals surface area contributed by atoms with Gasteiger partial charge in [0.05, 0.1) is 22.3 Å². The Balaban J connectivity index is 1.09. The molecule has 1 unspecified atom stereocenters. The molecule has 6 rings (SSSR count). The van der Waals surface area contributed by atoms with Gasteiger partial charge in [-0.15, -0.1) is 0 Å². The van der Waals surface area contributed by atoms with Crippen LogP contribution in [0.5, 0.6) is 0 Å². The molecule has 1 aromatic carbocycles. The largest absolute Gasteiger partial charge is 0.478 e. The number of carboxylic acid groups (broad SMARTS) is 1. The third kappa shape index (κ3) is 6.73. The molecule has 3 aliphatic heterocycles. The molecule has 3 fully saturated rings. The molecule has 0 spiro atoms. The van der Waals surface area contributed by atoms with E-state index in [1.807, 2.05) is 25.0 Å². The van der Waals surface area contributed by atoms with E-state index in [0.29, 0.717) is 51.4 Å². The summed E-state index contributed by atoms with van der Waals surface area (Å²) >= 11 is 12.7. The highest BCUT2D eigenvalue weighted by atomic mass is 35.5. The Hall–Kier alpha value is -2.43. The molecule has 0 saturated carbocycles. The van der Waals surface area contributed by atoms with Gasteiger partial charge in [-0.05, 0) is 125 Å². The second-order valence-corrected chi connectivity index (χ2v) is 13.9. The smallest absolute Gasteiger partial charge is 0.376 e. The third-order valence-electron chi connectivity index (χ3n) is 10.4. The van der Waals surface area contributed by atoms with Gasteiger partial charge in [0.1, 0.15) is 0 Å². The molecule has 3 saturated heterocycles. The van der Waals surface area contributed by atoms with Gasteiger partial charge in [0.15, 0.2) is 0 Å². The fourth-order valence-electron chi connectivity index (χ4n) is 7.91. The van der Waals surface area contributed by atoms with Crippen LogP contribution >= 0.6 is 23.2 Å². The molecule has 2 aromatic rings. The molecular weight excluding hydrogens is 598 g/mol. The lowest BCUT2D eigenvalue weighted by Crippen LogP contribution is -2.45. The zero-order valence-electron chi connectivity index (χ0n) is 25.3. The number of likely N-dealkylation sites (tertiary alicyclic amines) is 2. The SMILES string of the molecule is CB(O)N1CCC(CC(=O)N2CCC(C3CCN(C4c5ccc(Cl)cc5C=C(C(=O)O)c5cc(Cl)cnc54)CC3)CC2)CC1. The minimum Gasteiger partial charge on any atom is -0.478 e. The number of nitrogens with zero attached hydrogens (tertiary/aromatic N) is 4. The highest BCUT2D eigenvalue weighted by molar-refractivity contribution is 6.45. The van der Waals surface area contributed by atoms with Gasteiger partial charge in [-0.1, -0.05) is 29.3 Å². The molecule has 1 atom stereocenters. The molecule has 0 bridgehead atoms. The highest BCUT2D eigenvalue weighted by Gasteiger charge is 2.37. The number of hydrogen-bond acceptors (Lipinski definition) is 6. The van der Waals surface area contributed by atoms with Crippen LogP contribution in [-0.4, -0.2) is 87.9 Å². The number of aromatic nitrogens is 1. The van der Waals surface area contributed by atoms with Gasteiger partial charge < -0.3 is 19.8 Å². The Kier molecular flexibility index (Phi) is 9.69. The maximum Gasteiger partial charge on any atom is 0.376 e. The summed E-state index contributed by atoms with van der Waals surface area (Å²) in [7, 11) is -0.409. The van der Waals surface area contributed by atoms with Gasteiger partial charge in [-0.25, -0.2) is 4.79 Å². The summed E-state index contributed by atoms with van der Waals surface area (Å²) in [6, 6.07) is 7.21. The van der Waals surface area contributed by atoms with Crippen LogP contribution in [0.4, 0.5) is 0 Å². The molecule has 4 aliphatic rings. The summed E-state index contributed by atoms with van der Waals surface area (Å²) in [4.78, 5) is 36.8. The van der Waals surface area contributed by atoms with E-state index in [0.717, 1.165) is 88.9 Å². The van der Waals surface area contributed by atoms with E-state index in [2.05, 4.69) is 14.6 Å². The fraction of sp³-hybridized carbons (Fsp3) is 0.545. The van der Waals surface area contributed by atoms with Crippen molar-refractivity contribution in [2.75, 3.05) is 39.3 Å². The molecule has 1 amide bonds. The fourth-order valence-corrected chi connectivity index (χ4v) is 8.24. The summed E-state index contributed by atoms with van der Waals surface area (Å²) in [5.41, 5.74) is 3.23. The highest BCUT2D eigenvalue weighted by Crippen LogP contribution is 2.43. The molecule has 44 heavy (non-hydrogen) atoms. The summed E-state index contributed by atoms with van der Waals surface area (Å²) in [5.74, 6) is 0.907. The average Bonchev–Trinajstić information content (AvgIpc) is 3.15. The minimum atomic E-state index is -1.02. The molecule has 2 N–H and O–H groups in total. The molecule has 234 valence electrons. The molecule has 1 aromatic heterocycles. The number of rotatable bonds is 6. The van der Waals surface area contributed by atoms with Crippen molar-refractivity contribution >= 4 is 53.8 Å². The lowest BCUT2D eigenvalue weighted by Gasteiger charge is -2.43. The molecule has 1 aliphatic carbocycles. The lowest BCUT2D eigenvalue weighted by atomic mass is 9.78. The number of piperidine rings is 3. The Morgan fingerprint density at radius 3 is 2.23 bits per heavy atom. The van der Waals surface area contributed by atoms with E-state index in [4.69, 9.17) is 28.2 Å². The van der Waals surface area contributed by atoms with E-state index in [9.17, 15) is 19.7 Å². The third-order valence-corrected chi connectivity index (χ3v) is 10.9. The molecule has 11 heteroatoms.